The summed E-state index contributed by atoms with van der Waals surface area (Å²) in [5.41, 5.74) is 2.68. The molecule has 4 heterocycles. The highest BCUT2D eigenvalue weighted by molar-refractivity contribution is 7.19. The van der Waals surface area contributed by atoms with Gasteiger partial charge in [0.2, 0.25) is 0 Å². The fraction of sp³-hybridized carbons (Fsp3) is 0.316. The first-order valence-electron chi connectivity index (χ1n) is 9.01. The Labute approximate surface area is 168 Å². The van der Waals surface area contributed by atoms with Crippen LogP contribution >= 0.6 is 11.3 Å². The van der Waals surface area contributed by atoms with E-state index in [1.165, 1.54) is 23.6 Å². The quantitative estimate of drug-likeness (QED) is 0.506. The molecule has 0 unspecified atom stereocenters. The predicted octanol–water partition coefficient (Wildman–Crippen LogP) is 3.60. The number of fused-ring (bicyclic) bond motifs is 5. The molecule has 1 aliphatic heterocycles. The summed E-state index contributed by atoms with van der Waals surface area (Å²) in [7, 11) is 3.51. The summed E-state index contributed by atoms with van der Waals surface area (Å²) >= 11 is 1.70. The van der Waals surface area contributed by atoms with E-state index in [4.69, 9.17) is 9.72 Å². The molecule has 29 heavy (non-hydrogen) atoms. The van der Waals surface area contributed by atoms with E-state index in [9.17, 15) is 8.78 Å². The van der Waals surface area contributed by atoms with Gasteiger partial charge in [0.05, 0.1) is 12.5 Å². The number of halogens is 2. The molecule has 0 atom stereocenters. The summed E-state index contributed by atoms with van der Waals surface area (Å²) in [4.78, 5) is 13.9. The van der Waals surface area contributed by atoms with Crippen molar-refractivity contribution >= 4 is 27.2 Å². The summed E-state index contributed by atoms with van der Waals surface area (Å²) in [6, 6.07) is 4.66. The van der Waals surface area contributed by atoms with Crippen LogP contribution in [0.1, 0.15) is 10.4 Å². The van der Waals surface area contributed by atoms with Crippen molar-refractivity contribution in [3.8, 4) is 22.9 Å². The van der Waals surface area contributed by atoms with Crippen molar-refractivity contribution in [3.63, 3.8) is 0 Å². The van der Waals surface area contributed by atoms with Gasteiger partial charge in [0.15, 0.2) is 23.0 Å². The van der Waals surface area contributed by atoms with Crippen LogP contribution in [-0.2, 0) is 13.0 Å². The van der Waals surface area contributed by atoms with Crippen LogP contribution in [0.25, 0.3) is 27.3 Å². The van der Waals surface area contributed by atoms with E-state index in [-0.39, 0.29) is 11.5 Å². The third-order valence-corrected chi connectivity index (χ3v) is 6.13. The van der Waals surface area contributed by atoms with Crippen molar-refractivity contribution in [1.29, 1.82) is 0 Å². The first-order chi connectivity index (χ1) is 14.0. The highest BCUT2D eigenvalue weighted by Gasteiger charge is 2.23. The van der Waals surface area contributed by atoms with Gasteiger partial charge in [-0.15, -0.1) is 16.4 Å². The minimum atomic E-state index is -2.92. The van der Waals surface area contributed by atoms with Crippen LogP contribution in [-0.4, -0.2) is 51.8 Å². The molecule has 0 aliphatic carbocycles. The molecule has 4 aromatic rings. The van der Waals surface area contributed by atoms with E-state index in [2.05, 4.69) is 26.8 Å². The molecular weight excluding hydrogens is 400 g/mol. The van der Waals surface area contributed by atoms with Gasteiger partial charge in [0.1, 0.15) is 11.2 Å². The minimum absolute atomic E-state index is 0.0323. The second kappa shape index (κ2) is 6.89. The van der Waals surface area contributed by atoms with Crippen molar-refractivity contribution in [3.05, 3.63) is 35.0 Å². The van der Waals surface area contributed by atoms with Gasteiger partial charge in [-0.25, -0.2) is 14.5 Å². The molecule has 3 aromatic heterocycles. The van der Waals surface area contributed by atoms with Crippen molar-refractivity contribution in [2.24, 2.45) is 0 Å². The number of hydrogen-bond acceptors (Lipinski definition) is 7. The van der Waals surface area contributed by atoms with Gasteiger partial charge >= 0.3 is 6.61 Å². The number of benzene rings is 1. The van der Waals surface area contributed by atoms with E-state index in [0.717, 1.165) is 35.4 Å². The molecule has 0 saturated heterocycles. The van der Waals surface area contributed by atoms with Gasteiger partial charge in [0, 0.05) is 23.5 Å². The molecule has 5 rings (SSSR count). The molecule has 1 aliphatic rings. The third kappa shape index (κ3) is 3.08. The number of nitrogens with zero attached hydrogens (tertiary/aromatic N) is 5. The number of likely N-dealkylation sites (N-methyl/N-ethyl adjacent to an activating group) is 1. The molecule has 150 valence electrons. The molecule has 0 radical (unpaired) electrons. The molecule has 0 spiro atoms. The lowest BCUT2D eigenvalue weighted by Gasteiger charge is -2.21. The molecule has 7 nitrogen and oxygen atoms in total. The Morgan fingerprint density at radius 3 is 2.90 bits per heavy atom. The average Bonchev–Trinajstić information content (AvgIpc) is 3.28. The number of aromatic nitrogens is 4. The zero-order valence-electron chi connectivity index (χ0n) is 15.7. The maximum Gasteiger partial charge on any atom is 0.387 e. The van der Waals surface area contributed by atoms with Crippen LogP contribution in [0.4, 0.5) is 8.78 Å². The fourth-order valence-electron chi connectivity index (χ4n) is 3.64. The van der Waals surface area contributed by atoms with E-state index in [0.29, 0.717) is 11.4 Å². The second-order valence-electron chi connectivity index (χ2n) is 6.86. The molecular formula is C19H17F2N5O2S. The Kier molecular flexibility index (Phi) is 4.32. The normalized spacial score (nSPS) is 14.7. The zero-order chi connectivity index (χ0) is 20.1. The smallest absolute Gasteiger partial charge is 0.387 e. The monoisotopic (exact) mass is 417 g/mol. The number of thiophene rings is 1. The lowest BCUT2D eigenvalue weighted by molar-refractivity contribution is -0.0512. The van der Waals surface area contributed by atoms with Gasteiger partial charge in [0.25, 0.3) is 0 Å². The van der Waals surface area contributed by atoms with Crippen molar-refractivity contribution in [2.75, 3.05) is 20.7 Å². The zero-order valence-corrected chi connectivity index (χ0v) is 16.5. The van der Waals surface area contributed by atoms with Gasteiger partial charge < -0.3 is 14.4 Å². The van der Waals surface area contributed by atoms with E-state index in [1.807, 2.05) is 0 Å². The summed E-state index contributed by atoms with van der Waals surface area (Å²) in [6.45, 7) is -1.03. The third-order valence-electron chi connectivity index (χ3n) is 5.01. The van der Waals surface area contributed by atoms with Crippen LogP contribution in [0.15, 0.2) is 24.5 Å². The van der Waals surface area contributed by atoms with Crippen LogP contribution in [0.3, 0.4) is 0 Å². The largest absolute Gasteiger partial charge is 0.493 e. The number of alkyl halides is 2. The number of ether oxygens (including phenoxy) is 2. The van der Waals surface area contributed by atoms with Crippen LogP contribution in [0, 0.1) is 0 Å². The van der Waals surface area contributed by atoms with Crippen LogP contribution in [0.2, 0.25) is 0 Å². The molecule has 10 heteroatoms. The Balaban J connectivity index is 1.62. The fourth-order valence-corrected chi connectivity index (χ4v) is 4.90. The highest BCUT2D eigenvalue weighted by atomic mass is 32.1. The Morgan fingerprint density at radius 2 is 2.10 bits per heavy atom. The summed E-state index contributed by atoms with van der Waals surface area (Å²) < 4.78 is 36.5. The molecule has 1 aromatic carbocycles. The minimum Gasteiger partial charge on any atom is -0.493 e. The first kappa shape index (κ1) is 18.2. The first-order valence-corrected chi connectivity index (χ1v) is 9.82. The SMILES string of the molecule is COc1cc(-c2nc3c4c5c(sc4ncn3n2)CN(C)CC5)ccc1OC(F)F. The topological polar surface area (TPSA) is 64.8 Å². The average molecular weight is 417 g/mol. The Morgan fingerprint density at radius 1 is 1.24 bits per heavy atom. The Bertz CT molecular complexity index is 1220. The molecule has 0 fully saturated rings. The van der Waals surface area contributed by atoms with Gasteiger partial charge in [-0.05, 0) is 37.2 Å². The highest BCUT2D eigenvalue weighted by Crippen LogP contribution is 2.37. The Hall–Kier alpha value is -2.85. The maximum atomic E-state index is 12.6. The van der Waals surface area contributed by atoms with Crippen LogP contribution < -0.4 is 9.47 Å². The van der Waals surface area contributed by atoms with Crippen molar-refractivity contribution in [1.82, 2.24) is 24.5 Å². The maximum absolute atomic E-state index is 12.6. The van der Waals surface area contributed by atoms with Crippen molar-refractivity contribution < 1.29 is 18.3 Å². The predicted molar refractivity (Wildman–Crippen MR) is 105 cm³/mol. The molecule has 0 bridgehead atoms. The van der Waals surface area contributed by atoms with Crippen molar-refractivity contribution in [2.45, 2.75) is 19.6 Å². The van der Waals surface area contributed by atoms with Gasteiger partial charge in [-0.1, -0.05) is 0 Å². The second-order valence-corrected chi connectivity index (χ2v) is 7.95. The number of hydrogen-bond donors (Lipinski definition) is 0. The van der Waals surface area contributed by atoms with Crippen LogP contribution in [0.5, 0.6) is 11.5 Å². The molecule has 0 amide bonds. The number of methoxy groups -OCH3 is 1. The standard InChI is InChI=1S/C19H17F2N5O2S/c1-25-6-5-11-14(8-25)29-18-15(11)17-23-16(24-26(17)9-22-18)10-3-4-12(28-19(20)21)13(7-10)27-2/h3-4,7,9,19H,5-6,8H2,1-2H3. The number of rotatable bonds is 4. The van der Waals surface area contributed by atoms with E-state index < -0.39 is 6.61 Å². The lowest BCUT2D eigenvalue weighted by Crippen LogP contribution is -2.25. The summed E-state index contributed by atoms with van der Waals surface area (Å²) in [5.74, 6) is 0.630. The summed E-state index contributed by atoms with van der Waals surface area (Å²) in [5, 5.41) is 5.58. The van der Waals surface area contributed by atoms with Gasteiger partial charge in [-0.3, -0.25) is 0 Å². The van der Waals surface area contributed by atoms with Gasteiger partial charge in [-0.2, -0.15) is 8.78 Å². The molecule has 0 N–H and O–H groups in total. The van der Waals surface area contributed by atoms with E-state index >= 15 is 0 Å². The summed E-state index contributed by atoms with van der Waals surface area (Å²) in [6.07, 6.45) is 2.61. The molecule has 0 saturated carbocycles. The van der Waals surface area contributed by atoms with E-state index in [1.54, 1.807) is 34.3 Å². The lowest BCUT2D eigenvalue weighted by atomic mass is 10.1.